The van der Waals surface area contributed by atoms with Crippen LogP contribution in [0.5, 0.6) is 0 Å². The molecule has 106 valence electrons. The van der Waals surface area contributed by atoms with E-state index in [4.69, 9.17) is 17.3 Å². The van der Waals surface area contributed by atoms with Gasteiger partial charge in [0, 0.05) is 23.6 Å². The van der Waals surface area contributed by atoms with E-state index in [1.807, 2.05) is 12.1 Å². The normalized spacial score (nSPS) is 21.8. The van der Waals surface area contributed by atoms with Crippen molar-refractivity contribution in [2.24, 2.45) is 11.7 Å². The molecule has 1 heterocycles. The van der Waals surface area contributed by atoms with E-state index in [9.17, 15) is 0 Å². The molecule has 0 saturated carbocycles. The van der Waals surface area contributed by atoms with Gasteiger partial charge in [0.25, 0.3) is 0 Å². The van der Waals surface area contributed by atoms with E-state index in [0.717, 1.165) is 22.0 Å². The molecule has 0 aliphatic carbocycles. The van der Waals surface area contributed by atoms with Gasteiger partial charge >= 0.3 is 0 Å². The molecule has 0 bridgehead atoms. The van der Waals surface area contributed by atoms with E-state index in [2.05, 4.69) is 33.8 Å². The second kappa shape index (κ2) is 7.07. The molecule has 2 unspecified atom stereocenters. The third-order valence-corrected chi connectivity index (χ3v) is 5.24. The molecule has 0 amide bonds. The number of nitrogens with two attached hydrogens (primary N) is 1. The average molecular weight is 346 g/mol. The summed E-state index contributed by atoms with van der Waals surface area (Å²) in [5, 5.41) is 0.764. The van der Waals surface area contributed by atoms with Gasteiger partial charge in [-0.2, -0.15) is 0 Å². The van der Waals surface area contributed by atoms with Gasteiger partial charge in [-0.3, -0.25) is 4.90 Å². The van der Waals surface area contributed by atoms with Crippen molar-refractivity contribution >= 4 is 27.5 Å². The number of rotatable bonds is 5. The smallest absolute Gasteiger partial charge is 0.0551 e. The molecule has 19 heavy (non-hydrogen) atoms. The minimum atomic E-state index is 0.299. The molecule has 1 saturated heterocycles. The van der Waals surface area contributed by atoms with Crippen molar-refractivity contribution in [2.45, 2.75) is 32.2 Å². The Morgan fingerprint density at radius 2 is 2.32 bits per heavy atom. The topological polar surface area (TPSA) is 29.3 Å². The Morgan fingerprint density at radius 3 is 2.95 bits per heavy atom. The van der Waals surface area contributed by atoms with E-state index in [1.165, 1.54) is 31.4 Å². The van der Waals surface area contributed by atoms with Crippen LogP contribution in [0.1, 0.15) is 37.8 Å². The predicted octanol–water partition coefficient (Wildman–Crippen LogP) is 4.22. The summed E-state index contributed by atoms with van der Waals surface area (Å²) in [6, 6.07) is 6.48. The van der Waals surface area contributed by atoms with Crippen LogP contribution in [-0.2, 0) is 0 Å². The second-order valence-electron chi connectivity index (χ2n) is 5.36. The highest BCUT2D eigenvalue weighted by molar-refractivity contribution is 9.10. The summed E-state index contributed by atoms with van der Waals surface area (Å²) in [7, 11) is 0. The molecular weight excluding hydrogens is 324 g/mol. The van der Waals surface area contributed by atoms with Crippen molar-refractivity contribution in [3.63, 3.8) is 0 Å². The summed E-state index contributed by atoms with van der Waals surface area (Å²) < 4.78 is 0.943. The largest absolute Gasteiger partial charge is 0.329 e. The van der Waals surface area contributed by atoms with Gasteiger partial charge in [0.15, 0.2) is 0 Å². The molecule has 2 nitrogen and oxygen atoms in total. The molecule has 2 atom stereocenters. The van der Waals surface area contributed by atoms with Crippen molar-refractivity contribution in [1.29, 1.82) is 0 Å². The Balaban J connectivity index is 2.09. The van der Waals surface area contributed by atoms with Crippen LogP contribution in [0.4, 0.5) is 0 Å². The molecule has 1 aromatic carbocycles. The zero-order valence-electron chi connectivity index (χ0n) is 11.4. The number of benzene rings is 1. The van der Waals surface area contributed by atoms with Gasteiger partial charge in [-0.25, -0.2) is 0 Å². The molecule has 1 aromatic rings. The fourth-order valence-corrected chi connectivity index (χ4v) is 3.44. The summed E-state index contributed by atoms with van der Waals surface area (Å²) in [6.07, 6.45) is 3.90. The molecular formula is C15H22BrClN2. The number of halogens is 2. The van der Waals surface area contributed by atoms with Crippen molar-refractivity contribution in [3.8, 4) is 0 Å². The Morgan fingerprint density at radius 1 is 1.53 bits per heavy atom. The van der Waals surface area contributed by atoms with Crippen LogP contribution >= 0.6 is 27.5 Å². The van der Waals surface area contributed by atoms with Gasteiger partial charge in [0.2, 0.25) is 0 Å². The third-order valence-electron chi connectivity index (χ3n) is 4.01. The summed E-state index contributed by atoms with van der Waals surface area (Å²) in [6.45, 7) is 5.23. The first-order valence-electron chi connectivity index (χ1n) is 7.04. The lowest BCUT2D eigenvalue weighted by atomic mass is 10.0. The van der Waals surface area contributed by atoms with Gasteiger partial charge in [-0.05, 0) is 58.9 Å². The lowest BCUT2D eigenvalue weighted by Gasteiger charge is -2.27. The Hall–Kier alpha value is -0.0900. The van der Waals surface area contributed by atoms with Gasteiger partial charge in [-0.1, -0.05) is 31.0 Å². The summed E-state index contributed by atoms with van der Waals surface area (Å²) >= 11 is 9.63. The fraction of sp³-hybridized carbons (Fsp3) is 0.600. The van der Waals surface area contributed by atoms with E-state index in [-0.39, 0.29) is 0 Å². The summed E-state index contributed by atoms with van der Waals surface area (Å²) in [5.74, 6) is 0.838. The standard InChI is InChI=1S/C15H22BrClN2/c1-2-3-11-6-7-19(10-11)15(9-18)12-4-5-13(16)14(17)8-12/h4-5,8,11,15H,2-3,6-7,9-10,18H2,1H3. The van der Waals surface area contributed by atoms with E-state index < -0.39 is 0 Å². The minimum Gasteiger partial charge on any atom is -0.329 e. The van der Waals surface area contributed by atoms with Crippen LogP contribution in [0.25, 0.3) is 0 Å². The molecule has 1 aliphatic rings. The molecule has 2 N–H and O–H groups in total. The number of hydrogen-bond donors (Lipinski definition) is 1. The van der Waals surface area contributed by atoms with Gasteiger partial charge in [-0.15, -0.1) is 0 Å². The van der Waals surface area contributed by atoms with Crippen molar-refractivity contribution in [2.75, 3.05) is 19.6 Å². The quantitative estimate of drug-likeness (QED) is 0.865. The maximum absolute atomic E-state index is 6.19. The fourth-order valence-electron chi connectivity index (χ4n) is 3.01. The lowest BCUT2D eigenvalue weighted by Crippen LogP contribution is -2.32. The SMILES string of the molecule is CCCC1CCN(C(CN)c2ccc(Br)c(Cl)c2)C1. The Kier molecular flexibility index (Phi) is 5.70. The maximum Gasteiger partial charge on any atom is 0.0551 e. The van der Waals surface area contributed by atoms with Crippen LogP contribution in [0, 0.1) is 5.92 Å². The molecule has 4 heteroatoms. The van der Waals surface area contributed by atoms with E-state index >= 15 is 0 Å². The summed E-state index contributed by atoms with van der Waals surface area (Å²) in [5.41, 5.74) is 7.23. The monoisotopic (exact) mass is 344 g/mol. The van der Waals surface area contributed by atoms with Crippen molar-refractivity contribution < 1.29 is 0 Å². The minimum absolute atomic E-state index is 0.299. The van der Waals surface area contributed by atoms with E-state index in [1.54, 1.807) is 0 Å². The summed E-state index contributed by atoms with van der Waals surface area (Å²) in [4.78, 5) is 2.51. The molecule has 0 radical (unpaired) electrons. The average Bonchev–Trinajstić information content (AvgIpc) is 2.83. The van der Waals surface area contributed by atoms with E-state index in [0.29, 0.717) is 12.6 Å². The van der Waals surface area contributed by atoms with Crippen LogP contribution < -0.4 is 5.73 Å². The van der Waals surface area contributed by atoms with Crippen molar-refractivity contribution in [1.82, 2.24) is 4.90 Å². The van der Waals surface area contributed by atoms with Gasteiger partial charge in [0.05, 0.1) is 5.02 Å². The first-order chi connectivity index (χ1) is 9.15. The first kappa shape index (κ1) is 15.3. The Bertz CT molecular complexity index is 425. The number of nitrogens with zero attached hydrogens (tertiary/aromatic N) is 1. The highest BCUT2D eigenvalue weighted by Crippen LogP contribution is 2.32. The highest BCUT2D eigenvalue weighted by Gasteiger charge is 2.28. The van der Waals surface area contributed by atoms with Crippen LogP contribution in [-0.4, -0.2) is 24.5 Å². The second-order valence-corrected chi connectivity index (χ2v) is 6.62. The molecule has 1 fully saturated rings. The Labute approximate surface area is 129 Å². The zero-order valence-corrected chi connectivity index (χ0v) is 13.8. The number of likely N-dealkylation sites (tertiary alicyclic amines) is 1. The third kappa shape index (κ3) is 3.72. The molecule has 2 rings (SSSR count). The highest BCUT2D eigenvalue weighted by atomic mass is 79.9. The lowest BCUT2D eigenvalue weighted by molar-refractivity contribution is 0.240. The van der Waals surface area contributed by atoms with Crippen LogP contribution in [0.15, 0.2) is 22.7 Å². The maximum atomic E-state index is 6.19. The molecule has 0 spiro atoms. The molecule has 0 aromatic heterocycles. The zero-order chi connectivity index (χ0) is 13.8. The van der Waals surface area contributed by atoms with Crippen LogP contribution in [0.2, 0.25) is 5.02 Å². The van der Waals surface area contributed by atoms with Crippen molar-refractivity contribution in [3.05, 3.63) is 33.3 Å². The molecule has 1 aliphatic heterocycles. The predicted molar refractivity (Wildman–Crippen MR) is 85.5 cm³/mol. The van der Waals surface area contributed by atoms with Gasteiger partial charge in [0.1, 0.15) is 0 Å². The van der Waals surface area contributed by atoms with Crippen LogP contribution in [0.3, 0.4) is 0 Å². The van der Waals surface area contributed by atoms with Gasteiger partial charge < -0.3 is 5.73 Å². The number of hydrogen-bond acceptors (Lipinski definition) is 2. The first-order valence-corrected chi connectivity index (χ1v) is 8.21.